The summed E-state index contributed by atoms with van der Waals surface area (Å²) in [5, 5.41) is 3.94. The molecule has 0 spiro atoms. The van der Waals surface area contributed by atoms with Gasteiger partial charge in [-0.15, -0.1) is 0 Å². The van der Waals surface area contributed by atoms with E-state index in [1.54, 1.807) is 11.8 Å². The number of aromatic nitrogens is 2. The van der Waals surface area contributed by atoms with E-state index in [1.807, 2.05) is 19.4 Å². The minimum absolute atomic E-state index is 0.727. The zero-order chi connectivity index (χ0) is 14.3. The molecule has 0 fully saturated rings. The fraction of sp³-hybridized carbons (Fsp3) is 0.714. The van der Waals surface area contributed by atoms with Gasteiger partial charge in [0.15, 0.2) is 5.16 Å². The monoisotopic (exact) mass is 282 g/mol. The van der Waals surface area contributed by atoms with E-state index < -0.39 is 0 Å². The van der Waals surface area contributed by atoms with Crippen LogP contribution in [0.4, 0.5) is 11.6 Å². The number of hydrogen-bond acceptors (Lipinski definition) is 5. The highest BCUT2D eigenvalue weighted by Crippen LogP contribution is 2.22. The van der Waals surface area contributed by atoms with Crippen molar-refractivity contribution in [1.82, 2.24) is 9.97 Å². The lowest BCUT2D eigenvalue weighted by molar-refractivity contribution is 0.484. The molecule has 0 aromatic carbocycles. The topological polar surface area (TPSA) is 41.0 Å². The number of thioether (sulfide) groups is 1. The van der Waals surface area contributed by atoms with Gasteiger partial charge >= 0.3 is 0 Å². The van der Waals surface area contributed by atoms with E-state index in [4.69, 9.17) is 0 Å². The molecule has 4 nitrogen and oxygen atoms in total. The summed E-state index contributed by atoms with van der Waals surface area (Å²) < 4.78 is 0. The van der Waals surface area contributed by atoms with E-state index in [0.717, 1.165) is 35.8 Å². The summed E-state index contributed by atoms with van der Waals surface area (Å²) in [5.74, 6) is 2.64. The molecule has 1 aromatic heterocycles. The second-order valence-electron chi connectivity index (χ2n) is 4.57. The van der Waals surface area contributed by atoms with Crippen molar-refractivity contribution in [3.63, 3.8) is 0 Å². The second kappa shape index (κ2) is 8.25. The van der Waals surface area contributed by atoms with Gasteiger partial charge in [-0.3, -0.25) is 0 Å². The summed E-state index contributed by atoms with van der Waals surface area (Å²) in [5.41, 5.74) is 0. The normalized spacial score (nSPS) is 10.8. The van der Waals surface area contributed by atoms with Crippen LogP contribution in [0.25, 0.3) is 0 Å². The molecule has 0 bridgehead atoms. The van der Waals surface area contributed by atoms with E-state index in [-0.39, 0.29) is 0 Å². The Hall–Kier alpha value is -0.970. The van der Waals surface area contributed by atoms with Crippen molar-refractivity contribution >= 4 is 23.4 Å². The van der Waals surface area contributed by atoms with Gasteiger partial charge in [0.1, 0.15) is 11.6 Å². The van der Waals surface area contributed by atoms with Gasteiger partial charge < -0.3 is 10.2 Å². The highest BCUT2D eigenvalue weighted by molar-refractivity contribution is 7.98. The molecule has 19 heavy (non-hydrogen) atoms. The number of rotatable bonds is 8. The minimum Gasteiger partial charge on any atom is -0.373 e. The zero-order valence-corrected chi connectivity index (χ0v) is 13.5. The molecule has 0 radical (unpaired) electrons. The smallest absolute Gasteiger partial charge is 0.191 e. The lowest BCUT2D eigenvalue weighted by atomic mass is 10.0. The molecular formula is C14H26N4S. The van der Waals surface area contributed by atoms with Crippen molar-refractivity contribution in [2.75, 3.05) is 36.6 Å². The van der Waals surface area contributed by atoms with Gasteiger partial charge in [-0.1, -0.05) is 38.5 Å². The lowest BCUT2D eigenvalue weighted by Gasteiger charge is -2.26. The van der Waals surface area contributed by atoms with Crippen molar-refractivity contribution in [3.05, 3.63) is 6.07 Å². The van der Waals surface area contributed by atoms with Gasteiger partial charge in [0.25, 0.3) is 0 Å². The third kappa shape index (κ3) is 4.56. The molecule has 1 heterocycles. The number of anilines is 2. The fourth-order valence-corrected chi connectivity index (χ4v) is 2.41. The van der Waals surface area contributed by atoms with Gasteiger partial charge in [0.05, 0.1) is 0 Å². The van der Waals surface area contributed by atoms with Crippen LogP contribution in [0.2, 0.25) is 0 Å². The molecule has 108 valence electrons. The SMILES string of the molecule is CCC(CC)CN(CC)c1cc(NC)nc(SC)n1. The molecule has 0 aliphatic heterocycles. The fourth-order valence-electron chi connectivity index (χ4n) is 2.04. The molecule has 0 unspecified atom stereocenters. The first-order chi connectivity index (χ1) is 9.18. The van der Waals surface area contributed by atoms with Gasteiger partial charge in [-0.25, -0.2) is 9.97 Å². The van der Waals surface area contributed by atoms with Crippen LogP contribution in [-0.2, 0) is 0 Å². The van der Waals surface area contributed by atoms with E-state index in [1.165, 1.54) is 12.8 Å². The summed E-state index contributed by atoms with van der Waals surface area (Å²) in [7, 11) is 1.90. The van der Waals surface area contributed by atoms with Gasteiger partial charge in [0, 0.05) is 26.2 Å². The Bertz CT molecular complexity index is 357. The van der Waals surface area contributed by atoms with E-state index in [0.29, 0.717) is 0 Å². The standard InChI is InChI=1S/C14H26N4S/c1-6-11(7-2)10-18(8-3)13-9-12(15-4)16-14(17-13)19-5/h9,11H,6-8,10H2,1-5H3,(H,15,16,17). The van der Waals surface area contributed by atoms with Crippen LogP contribution in [0, 0.1) is 5.92 Å². The highest BCUT2D eigenvalue weighted by atomic mass is 32.2. The molecule has 0 amide bonds. The molecule has 0 saturated heterocycles. The molecule has 1 aromatic rings. The van der Waals surface area contributed by atoms with Crippen molar-refractivity contribution in [3.8, 4) is 0 Å². The largest absolute Gasteiger partial charge is 0.373 e. The van der Waals surface area contributed by atoms with E-state index in [9.17, 15) is 0 Å². The predicted octanol–water partition coefficient (Wildman–Crippen LogP) is 3.50. The van der Waals surface area contributed by atoms with Crippen molar-refractivity contribution in [2.24, 2.45) is 5.92 Å². The van der Waals surface area contributed by atoms with Crippen LogP contribution in [0.1, 0.15) is 33.6 Å². The van der Waals surface area contributed by atoms with Crippen LogP contribution in [0.3, 0.4) is 0 Å². The van der Waals surface area contributed by atoms with E-state index in [2.05, 4.69) is 41.0 Å². The number of hydrogen-bond donors (Lipinski definition) is 1. The van der Waals surface area contributed by atoms with Gasteiger partial charge in [-0.2, -0.15) is 0 Å². The first-order valence-electron chi connectivity index (χ1n) is 7.04. The van der Waals surface area contributed by atoms with Gasteiger partial charge in [0.2, 0.25) is 0 Å². The van der Waals surface area contributed by atoms with Gasteiger partial charge in [-0.05, 0) is 19.1 Å². The molecular weight excluding hydrogens is 256 g/mol. The molecule has 0 saturated carbocycles. The predicted molar refractivity (Wildman–Crippen MR) is 85.3 cm³/mol. The van der Waals surface area contributed by atoms with Crippen LogP contribution in [0.5, 0.6) is 0 Å². The average Bonchev–Trinajstić information content (AvgIpc) is 2.48. The first kappa shape index (κ1) is 16.1. The summed E-state index contributed by atoms with van der Waals surface area (Å²) >= 11 is 1.58. The lowest BCUT2D eigenvalue weighted by Crippen LogP contribution is -2.30. The van der Waals surface area contributed by atoms with Crippen LogP contribution in [-0.4, -0.2) is 36.4 Å². The Morgan fingerprint density at radius 1 is 1.26 bits per heavy atom. The third-order valence-corrected chi connectivity index (χ3v) is 4.02. The summed E-state index contributed by atoms with van der Waals surface area (Å²) in [6.45, 7) is 8.74. The molecule has 0 atom stereocenters. The Kier molecular flexibility index (Phi) is 6.99. The molecule has 1 rings (SSSR count). The Morgan fingerprint density at radius 3 is 2.42 bits per heavy atom. The Morgan fingerprint density at radius 2 is 1.95 bits per heavy atom. The first-order valence-corrected chi connectivity index (χ1v) is 8.26. The Balaban J connectivity index is 2.96. The van der Waals surface area contributed by atoms with Crippen LogP contribution >= 0.6 is 11.8 Å². The molecule has 0 aliphatic rings. The summed E-state index contributed by atoms with van der Waals surface area (Å²) in [6, 6.07) is 2.03. The number of nitrogens with zero attached hydrogens (tertiary/aromatic N) is 3. The quantitative estimate of drug-likeness (QED) is 0.584. The summed E-state index contributed by atoms with van der Waals surface area (Å²) in [6.07, 6.45) is 4.44. The Labute approximate surface area is 121 Å². The van der Waals surface area contributed by atoms with Crippen molar-refractivity contribution in [1.29, 1.82) is 0 Å². The second-order valence-corrected chi connectivity index (χ2v) is 5.34. The average molecular weight is 282 g/mol. The van der Waals surface area contributed by atoms with Crippen LogP contribution in [0.15, 0.2) is 11.2 Å². The molecule has 0 aliphatic carbocycles. The minimum atomic E-state index is 0.727. The van der Waals surface area contributed by atoms with Crippen molar-refractivity contribution in [2.45, 2.75) is 38.8 Å². The highest BCUT2D eigenvalue weighted by Gasteiger charge is 2.13. The molecule has 5 heteroatoms. The van der Waals surface area contributed by atoms with E-state index >= 15 is 0 Å². The number of nitrogens with one attached hydrogen (secondary N) is 1. The maximum atomic E-state index is 4.63. The maximum absolute atomic E-state index is 4.63. The molecule has 1 N–H and O–H groups in total. The summed E-state index contributed by atoms with van der Waals surface area (Å²) in [4.78, 5) is 11.4. The van der Waals surface area contributed by atoms with Crippen LogP contribution < -0.4 is 10.2 Å². The maximum Gasteiger partial charge on any atom is 0.191 e. The zero-order valence-electron chi connectivity index (χ0n) is 12.7. The van der Waals surface area contributed by atoms with Crippen molar-refractivity contribution < 1.29 is 0 Å². The third-order valence-electron chi connectivity index (χ3n) is 3.47.